The number of unbranched alkanes of at least 4 members (excludes halogenated alkanes) is 13. The zero-order valence-electron chi connectivity index (χ0n) is 17.6. The van der Waals surface area contributed by atoms with Crippen molar-refractivity contribution in [3.05, 3.63) is 0 Å². The quantitative estimate of drug-likeness (QED) is 0.269. The first kappa shape index (κ1) is 26.2. The molecule has 0 fully saturated rings. The molecule has 24 heavy (non-hydrogen) atoms. The van der Waals surface area contributed by atoms with Crippen molar-refractivity contribution < 1.29 is 4.74 Å². The normalized spacial score (nSPS) is 11.9. The van der Waals surface area contributed by atoms with Gasteiger partial charge in [-0.3, -0.25) is 0 Å². The third kappa shape index (κ3) is 24.2. The highest BCUT2D eigenvalue weighted by Gasteiger charge is 1.98. The van der Waals surface area contributed by atoms with Gasteiger partial charge in [0, 0.05) is 6.61 Å². The first-order valence-electron chi connectivity index (χ1n) is 11.1. The van der Waals surface area contributed by atoms with Crippen LogP contribution in [0.3, 0.4) is 0 Å². The largest absolute Gasteiger partial charge is 0.381 e. The summed E-state index contributed by atoms with van der Waals surface area (Å²) in [5.74, 6) is 0.506. The van der Waals surface area contributed by atoms with Crippen molar-refractivity contribution in [2.24, 2.45) is 11.7 Å². The molecule has 0 radical (unpaired) electrons. The van der Waals surface area contributed by atoms with E-state index in [1.807, 2.05) is 13.8 Å². The lowest BCUT2D eigenvalue weighted by Gasteiger charge is -2.09. The molecule has 0 bridgehead atoms. The van der Waals surface area contributed by atoms with Crippen molar-refractivity contribution >= 4 is 0 Å². The van der Waals surface area contributed by atoms with Gasteiger partial charge < -0.3 is 10.5 Å². The number of hydrogen-bond acceptors (Lipinski definition) is 2. The molecule has 0 rings (SSSR count). The van der Waals surface area contributed by atoms with Crippen molar-refractivity contribution in [2.45, 2.75) is 118 Å². The van der Waals surface area contributed by atoms with Gasteiger partial charge in [0.2, 0.25) is 0 Å². The van der Waals surface area contributed by atoms with Crippen LogP contribution in [0, 0.1) is 5.92 Å². The Kier molecular flexibility index (Phi) is 27.4. The highest BCUT2D eigenvalue weighted by Crippen LogP contribution is 2.12. The van der Waals surface area contributed by atoms with Crippen LogP contribution in [0.2, 0.25) is 0 Å². The molecule has 0 spiro atoms. The molecule has 0 aromatic heterocycles. The molecule has 0 saturated carbocycles. The van der Waals surface area contributed by atoms with Gasteiger partial charge in [0.05, 0.1) is 6.61 Å². The molecule has 1 unspecified atom stereocenters. The second-order valence-corrected chi connectivity index (χ2v) is 7.01. The Balaban J connectivity index is 0. The average Bonchev–Trinajstić information content (AvgIpc) is 2.62. The number of nitrogens with two attached hydrogens (primary N) is 1. The summed E-state index contributed by atoms with van der Waals surface area (Å²) in [5.41, 5.74) is 5.56. The van der Waals surface area contributed by atoms with Gasteiger partial charge in [0.25, 0.3) is 0 Å². The summed E-state index contributed by atoms with van der Waals surface area (Å²) in [5, 5.41) is 0. The Morgan fingerprint density at radius 3 is 1.42 bits per heavy atom. The van der Waals surface area contributed by atoms with Gasteiger partial charge in [-0.25, -0.2) is 0 Å². The van der Waals surface area contributed by atoms with Gasteiger partial charge in [-0.05, 0) is 18.9 Å². The maximum absolute atomic E-state index is 5.61. The topological polar surface area (TPSA) is 35.2 Å². The number of ether oxygens (including phenoxy) is 1. The maximum Gasteiger partial charge on any atom is 0.0503 e. The number of rotatable bonds is 18. The standard InChI is InChI=1S/C20H43NO.C2H6/c1-3-4-5-6-7-8-9-10-11-12-13-14-15-16-17-22-19-20(2)18-21;1-2/h20H,3-19,21H2,1-2H3;1-2H3. The summed E-state index contributed by atoms with van der Waals surface area (Å²) >= 11 is 0. The minimum atomic E-state index is 0.506. The van der Waals surface area contributed by atoms with E-state index in [9.17, 15) is 0 Å². The van der Waals surface area contributed by atoms with Crippen LogP contribution in [-0.2, 0) is 4.74 Å². The molecule has 1 atom stereocenters. The fraction of sp³-hybridized carbons (Fsp3) is 1.00. The monoisotopic (exact) mass is 343 g/mol. The van der Waals surface area contributed by atoms with E-state index in [0.29, 0.717) is 5.92 Å². The van der Waals surface area contributed by atoms with E-state index in [0.717, 1.165) is 19.8 Å². The molecule has 0 aromatic rings. The van der Waals surface area contributed by atoms with Crippen LogP contribution in [0.4, 0.5) is 0 Å². The molecular formula is C22H49NO. The molecule has 148 valence electrons. The SMILES string of the molecule is CC.CCCCCCCCCCCCCCCCOCC(C)CN. The Morgan fingerprint density at radius 1 is 0.667 bits per heavy atom. The summed E-state index contributed by atoms with van der Waals surface area (Å²) in [6.07, 6.45) is 19.7. The molecule has 2 N–H and O–H groups in total. The summed E-state index contributed by atoms with van der Waals surface area (Å²) in [6, 6.07) is 0. The summed E-state index contributed by atoms with van der Waals surface area (Å²) in [6.45, 7) is 10.9. The van der Waals surface area contributed by atoms with E-state index in [1.165, 1.54) is 89.9 Å². The zero-order chi connectivity index (χ0) is 18.3. The summed E-state index contributed by atoms with van der Waals surface area (Å²) in [4.78, 5) is 0. The highest BCUT2D eigenvalue weighted by atomic mass is 16.5. The van der Waals surface area contributed by atoms with Gasteiger partial charge in [-0.15, -0.1) is 0 Å². The summed E-state index contributed by atoms with van der Waals surface area (Å²) in [7, 11) is 0. The predicted octanol–water partition coefficient (Wildman–Crippen LogP) is 7.11. The van der Waals surface area contributed by atoms with Crippen molar-refractivity contribution in [2.75, 3.05) is 19.8 Å². The Bertz CT molecular complexity index is 196. The zero-order valence-corrected chi connectivity index (χ0v) is 17.6. The lowest BCUT2D eigenvalue weighted by atomic mass is 10.0. The first-order chi connectivity index (χ1) is 11.8. The van der Waals surface area contributed by atoms with Crippen LogP contribution in [-0.4, -0.2) is 19.8 Å². The summed E-state index contributed by atoms with van der Waals surface area (Å²) < 4.78 is 5.61. The third-order valence-corrected chi connectivity index (χ3v) is 4.45. The Labute approximate surface area is 154 Å². The van der Waals surface area contributed by atoms with Crippen molar-refractivity contribution in [1.82, 2.24) is 0 Å². The van der Waals surface area contributed by atoms with Gasteiger partial charge in [0.1, 0.15) is 0 Å². The molecule has 0 heterocycles. The van der Waals surface area contributed by atoms with Crippen LogP contribution in [0.1, 0.15) is 118 Å². The van der Waals surface area contributed by atoms with Crippen LogP contribution in [0.15, 0.2) is 0 Å². The van der Waals surface area contributed by atoms with Crippen molar-refractivity contribution in [3.63, 3.8) is 0 Å². The van der Waals surface area contributed by atoms with Gasteiger partial charge in [-0.1, -0.05) is 111 Å². The van der Waals surface area contributed by atoms with Gasteiger partial charge in [0.15, 0.2) is 0 Å². The van der Waals surface area contributed by atoms with Crippen LogP contribution < -0.4 is 5.73 Å². The molecule has 0 aliphatic rings. The maximum atomic E-state index is 5.61. The van der Waals surface area contributed by atoms with Crippen molar-refractivity contribution in [1.29, 1.82) is 0 Å². The molecule has 2 heteroatoms. The lowest BCUT2D eigenvalue weighted by Crippen LogP contribution is -2.16. The fourth-order valence-corrected chi connectivity index (χ4v) is 2.75. The van der Waals surface area contributed by atoms with Crippen LogP contribution >= 0.6 is 0 Å². The molecular weight excluding hydrogens is 294 g/mol. The van der Waals surface area contributed by atoms with Crippen LogP contribution in [0.5, 0.6) is 0 Å². The van der Waals surface area contributed by atoms with Gasteiger partial charge in [-0.2, -0.15) is 0 Å². The van der Waals surface area contributed by atoms with Crippen molar-refractivity contribution in [3.8, 4) is 0 Å². The molecule has 2 nitrogen and oxygen atoms in total. The van der Waals surface area contributed by atoms with E-state index in [4.69, 9.17) is 10.5 Å². The van der Waals surface area contributed by atoms with E-state index in [2.05, 4.69) is 13.8 Å². The van der Waals surface area contributed by atoms with Gasteiger partial charge >= 0.3 is 0 Å². The number of hydrogen-bond donors (Lipinski definition) is 1. The van der Waals surface area contributed by atoms with E-state index in [-0.39, 0.29) is 0 Å². The first-order valence-corrected chi connectivity index (χ1v) is 11.1. The minimum absolute atomic E-state index is 0.506. The van der Waals surface area contributed by atoms with Crippen LogP contribution in [0.25, 0.3) is 0 Å². The lowest BCUT2D eigenvalue weighted by molar-refractivity contribution is 0.103. The molecule has 0 aromatic carbocycles. The molecule has 0 aliphatic heterocycles. The minimum Gasteiger partial charge on any atom is -0.381 e. The Morgan fingerprint density at radius 2 is 1.04 bits per heavy atom. The average molecular weight is 344 g/mol. The fourth-order valence-electron chi connectivity index (χ4n) is 2.75. The van der Waals surface area contributed by atoms with E-state index in [1.54, 1.807) is 0 Å². The smallest absolute Gasteiger partial charge is 0.0503 e. The highest BCUT2D eigenvalue weighted by molar-refractivity contribution is 4.51. The third-order valence-electron chi connectivity index (χ3n) is 4.45. The molecule has 0 saturated heterocycles. The molecule has 0 aliphatic carbocycles. The van der Waals surface area contributed by atoms with E-state index < -0.39 is 0 Å². The Hall–Kier alpha value is -0.0800. The second-order valence-electron chi connectivity index (χ2n) is 7.01. The predicted molar refractivity (Wildman–Crippen MR) is 111 cm³/mol. The molecule has 0 amide bonds. The van der Waals surface area contributed by atoms with E-state index >= 15 is 0 Å². The second kappa shape index (κ2) is 25.2.